The molecule has 2 aromatic rings. The maximum atomic E-state index is 12.3. The first kappa shape index (κ1) is 17.0. The Morgan fingerprint density at radius 3 is 2.88 bits per heavy atom. The summed E-state index contributed by atoms with van der Waals surface area (Å²) in [6.07, 6.45) is 4.61. The average Bonchev–Trinajstić information content (AvgIpc) is 2.95. The van der Waals surface area contributed by atoms with E-state index in [0.29, 0.717) is 19.0 Å². The summed E-state index contributed by atoms with van der Waals surface area (Å²) in [4.78, 5) is 14.8. The fraction of sp³-hybridized carbons (Fsp3) is 0.550. The molecule has 1 aliphatic heterocycles. The molecule has 4 heteroatoms. The Morgan fingerprint density at radius 2 is 2.12 bits per heavy atom. The van der Waals surface area contributed by atoms with Crippen LogP contribution >= 0.6 is 0 Å². The van der Waals surface area contributed by atoms with Gasteiger partial charge in [0.2, 0.25) is 5.91 Å². The van der Waals surface area contributed by atoms with Crippen LogP contribution in [0.4, 0.5) is 0 Å². The van der Waals surface area contributed by atoms with Crippen molar-refractivity contribution >= 4 is 16.9 Å². The van der Waals surface area contributed by atoms with Gasteiger partial charge in [-0.15, -0.1) is 0 Å². The summed E-state index contributed by atoms with van der Waals surface area (Å²) in [7, 11) is 0. The topological polar surface area (TPSA) is 45.5 Å². The van der Waals surface area contributed by atoms with E-state index in [9.17, 15) is 4.79 Å². The lowest BCUT2D eigenvalue weighted by atomic mass is 9.98. The molecular weight excluding hydrogens is 300 g/mol. The van der Waals surface area contributed by atoms with Crippen molar-refractivity contribution in [2.45, 2.75) is 46.1 Å². The van der Waals surface area contributed by atoms with Crippen LogP contribution in [0.3, 0.4) is 0 Å². The van der Waals surface area contributed by atoms with Gasteiger partial charge in [0.25, 0.3) is 0 Å². The lowest BCUT2D eigenvalue weighted by molar-refractivity contribution is -0.120. The molecule has 130 valence electrons. The van der Waals surface area contributed by atoms with Crippen LogP contribution in [0.5, 0.6) is 0 Å². The number of carbonyl (C=O) groups is 1. The highest BCUT2D eigenvalue weighted by Gasteiger charge is 2.20. The molecule has 1 N–H and O–H groups in total. The smallest absolute Gasteiger partial charge is 0.224 e. The first-order valence-electron chi connectivity index (χ1n) is 9.00. The fourth-order valence-corrected chi connectivity index (χ4v) is 3.42. The SMILES string of the molecule is Cc1ccc2c(CC(=O)NCC(C)N3CCC(C)CC3)coc2c1. The number of likely N-dealkylation sites (tertiary alicyclic amines) is 1. The van der Waals surface area contributed by atoms with Crippen LogP contribution in [0.2, 0.25) is 0 Å². The standard InChI is InChI=1S/C20H28N2O2/c1-14-6-8-22(9-7-14)16(3)12-21-20(23)11-17-13-24-19-10-15(2)4-5-18(17)19/h4-5,10,13-14,16H,6-9,11-12H2,1-3H3,(H,21,23). The van der Waals surface area contributed by atoms with Crippen molar-refractivity contribution in [3.8, 4) is 0 Å². The summed E-state index contributed by atoms with van der Waals surface area (Å²) < 4.78 is 5.57. The number of piperidine rings is 1. The van der Waals surface area contributed by atoms with Crippen molar-refractivity contribution in [1.82, 2.24) is 10.2 Å². The number of hydrogen-bond donors (Lipinski definition) is 1. The maximum Gasteiger partial charge on any atom is 0.224 e. The number of hydrogen-bond acceptors (Lipinski definition) is 3. The zero-order chi connectivity index (χ0) is 17.1. The van der Waals surface area contributed by atoms with Gasteiger partial charge in [-0.25, -0.2) is 0 Å². The molecule has 1 fully saturated rings. The fourth-order valence-electron chi connectivity index (χ4n) is 3.42. The third kappa shape index (κ3) is 3.99. The van der Waals surface area contributed by atoms with Crippen LogP contribution in [-0.4, -0.2) is 36.5 Å². The number of carbonyl (C=O) groups excluding carboxylic acids is 1. The molecule has 0 saturated carbocycles. The summed E-state index contributed by atoms with van der Waals surface area (Å²) >= 11 is 0. The van der Waals surface area contributed by atoms with Crippen LogP contribution in [0.1, 0.15) is 37.8 Å². The maximum absolute atomic E-state index is 12.3. The molecule has 1 aliphatic rings. The van der Waals surface area contributed by atoms with Crippen molar-refractivity contribution in [1.29, 1.82) is 0 Å². The third-order valence-corrected chi connectivity index (χ3v) is 5.20. The first-order chi connectivity index (χ1) is 11.5. The summed E-state index contributed by atoms with van der Waals surface area (Å²) in [5.74, 6) is 0.900. The van der Waals surface area contributed by atoms with E-state index in [2.05, 4.69) is 30.1 Å². The Kier molecular flexibility index (Phi) is 5.24. The number of furan rings is 1. The number of nitrogens with one attached hydrogen (secondary N) is 1. The van der Waals surface area contributed by atoms with Crippen molar-refractivity contribution in [2.75, 3.05) is 19.6 Å². The van der Waals surface area contributed by atoms with Crippen LogP contribution < -0.4 is 5.32 Å². The summed E-state index contributed by atoms with van der Waals surface area (Å²) in [6.45, 7) is 9.56. The lowest BCUT2D eigenvalue weighted by Gasteiger charge is -2.35. The molecular formula is C20H28N2O2. The van der Waals surface area contributed by atoms with Gasteiger partial charge >= 0.3 is 0 Å². The second-order valence-electron chi connectivity index (χ2n) is 7.31. The van der Waals surface area contributed by atoms with E-state index in [1.165, 1.54) is 12.8 Å². The van der Waals surface area contributed by atoms with Gasteiger partial charge in [0.05, 0.1) is 12.7 Å². The molecule has 0 radical (unpaired) electrons. The number of amides is 1. The predicted octanol–water partition coefficient (Wildman–Crippen LogP) is 3.52. The van der Waals surface area contributed by atoms with Crippen LogP contribution in [0.15, 0.2) is 28.9 Å². The molecule has 3 rings (SSSR count). The highest BCUT2D eigenvalue weighted by molar-refractivity contribution is 5.87. The van der Waals surface area contributed by atoms with Crippen molar-refractivity contribution in [2.24, 2.45) is 5.92 Å². The van der Waals surface area contributed by atoms with Crippen LogP contribution in [0, 0.1) is 12.8 Å². The first-order valence-corrected chi connectivity index (χ1v) is 9.00. The van der Waals surface area contributed by atoms with Gasteiger partial charge < -0.3 is 9.73 Å². The van der Waals surface area contributed by atoms with E-state index in [0.717, 1.165) is 41.1 Å². The molecule has 4 nitrogen and oxygen atoms in total. The number of nitrogens with zero attached hydrogens (tertiary/aromatic N) is 1. The van der Waals surface area contributed by atoms with Crippen molar-refractivity contribution in [3.63, 3.8) is 0 Å². The molecule has 1 saturated heterocycles. The quantitative estimate of drug-likeness (QED) is 0.913. The second-order valence-corrected chi connectivity index (χ2v) is 7.31. The van der Waals surface area contributed by atoms with E-state index in [1.54, 1.807) is 6.26 Å². The van der Waals surface area contributed by atoms with Crippen molar-refractivity contribution < 1.29 is 9.21 Å². The molecule has 0 aliphatic carbocycles. The van der Waals surface area contributed by atoms with E-state index >= 15 is 0 Å². The largest absolute Gasteiger partial charge is 0.464 e. The Labute approximate surface area is 144 Å². The van der Waals surface area contributed by atoms with E-state index in [-0.39, 0.29) is 5.91 Å². The van der Waals surface area contributed by atoms with Gasteiger partial charge in [0.15, 0.2) is 0 Å². The zero-order valence-electron chi connectivity index (χ0n) is 15.0. The Morgan fingerprint density at radius 1 is 1.38 bits per heavy atom. The molecule has 1 aromatic heterocycles. The van der Waals surface area contributed by atoms with Gasteiger partial charge in [-0.1, -0.05) is 19.1 Å². The number of aryl methyl sites for hydroxylation is 1. The summed E-state index contributed by atoms with van der Waals surface area (Å²) in [5.41, 5.74) is 2.98. The highest BCUT2D eigenvalue weighted by Crippen LogP contribution is 2.22. The second kappa shape index (κ2) is 7.39. The van der Waals surface area contributed by atoms with Crippen LogP contribution in [0.25, 0.3) is 11.0 Å². The normalized spacial score (nSPS) is 18.0. The van der Waals surface area contributed by atoms with Gasteiger partial charge in [-0.2, -0.15) is 0 Å². The Balaban J connectivity index is 1.51. The van der Waals surface area contributed by atoms with E-state index in [4.69, 9.17) is 4.42 Å². The van der Waals surface area contributed by atoms with E-state index < -0.39 is 0 Å². The molecule has 24 heavy (non-hydrogen) atoms. The number of rotatable bonds is 5. The minimum atomic E-state index is 0.0653. The molecule has 1 unspecified atom stereocenters. The lowest BCUT2D eigenvalue weighted by Crippen LogP contribution is -2.45. The average molecular weight is 328 g/mol. The Bertz CT molecular complexity index is 699. The summed E-state index contributed by atoms with van der Waals surface area (Å²) in [6, 6.07) is 6.49. The monoisotopic (exact) mass is 328 g/mol. The zero-order valence-corrected chi connectivity index (χ0v) is 15.0. The molecule has 2 heterocycles. The van der Waals surface area contributed by atoms with Crippen molar-refractivity contribution in [3.05, 3.63) is 35.6 Å². The molecule has 0 spiro atoms. The number of benzene rings is 1. The molecule has 1 atom stereocenters. The minimum Gasteiger partial charge on any atom is -0.464 e. The molecule has 0 bridgehead atoms. The predicted molar refractivity (Wildman–Crippen MR) is 97.1 cm³/mol. The summed E-state index contributed by atoms with van der Waals surface area (Å²) in [5, 5.41) is 4.12. The van der Waals surface area contributed by atoms with E-state index in [1.807, 2.05) is 19.1 Å². The van der Waals surface area contributed by atoms with Crippen LogP contribution in [-0.2, 0) is 11.2 Å². The van der Waals surface area contributed by atoms with Gasteiger partial charge in [-0.05, 0) is 57.3 Å². The molecule has 1 aromatic carbocycles. The minimum absolute atomic E-state index is 0.0653. The highest BCUT2D eigenvalue weighted by atomic mass is 16.3. The molecule has 1 amide bonds. The third-order valence-electron chi connectivity index (χ3n) is 5.20. The Hall–Kier alpha value is -1.81. The van der Waals surface area contributed by atoms with Gasteiger partial charge in [0, 0.05) is 23.5 Å². The van der Waals surface area contributed by atoms with Gasteiger partial charge in [-0.3, -0.25) is 9.69 Å². The number of fused-ring (bicyclic) bond motifs is 1. The van der Waals surface area contributed by atoms with Gasteiger partial charge in [0.1, 0.15) is 5.58 Å².